The minimum atomic E-state index is 0.0171. The predicted molar refractivity (Wildman–Crippen MR) is 53.9 cm³/mol. The molecular weight excluding hydrogens is 164 g/mol. The van der Waals surface area contributed by atoms with Crippen molar-refractivity contribution in [3.05, 3.63) is 30.3 Å². The molecule has 0 saturated carbocycles. The van der Waals surface area contributed by atoms with Gasteiger partial charge in [-0.15, -0.1) is 0 Å². The lowest BCUT2D eigenvalue weighted by atomic mass is 10.3. The lowest BCUT2D eigenvalue weighted by Crippen LogP contribution is -1.98. The molecule has 0 aliphatic rings. The summed E-state index contributed by atoms with van der Waals surface area (Å²) in [5.74, 6) is 0.0171. The fourth-order valence-electron chi connectivity index (χ4n) is 0.783. The van der Waals surface area contributed by atoms with Gasteiger partial charge in [-0.3, -0.25) is 10.2 Å². The average molecular weight is 176 g/mol. The smallest absolute Gasteiger partial charge is 0.175 e. The molecule has 0 aliphatic carbocycles. The zero-order chi connectivity index (χ0) is 9.52. The molecule has 0 aromatic heterocycles. The van der Waals surface area contributed by atoms with Crippen LogP contribution in [0.5, 0.6) is 0 Å². The van der Waals surface area contributed by atoms with E-state index in [-0.39, 0.29) is 5.78 Å². The van der Waals surface area contributed by atoms with Gasteiger partial charge >= 0.3 is 0 Å². The molecule has 3 nitrogen and oxygen atoms in total. The minimum Gasteiger partial charge on any atom is -0.293 e. The van der Waals surface area contributed by atoms with E-state index in [1.165, 1.54) is 6.21 Å². The number of rotatable bonds is 4. The monoisotopic (exact) mass is 176 g/mol. The van der Waals surface area contributed by atoms with Crippen molar-refractivity contribution in [3.63, 3.8) is 0 Å². The maximum absolute atomic E-state index is 10.8. The zero-order valence-electron chi connectivity index (χ0n) is 7.53. The molecule has 0 amide bonds. The van der Waals surface area contributed by atoms with Crippen molar-refractivity contribution in [2.24, 2.45) is 5.10 Å². The Morgan fingerprint density at radius 2 is 2.15 bits per heavy atom. The van der Waals surface area contributed by atoms with E-state index in [2.05, 4.69) is 10.5 Å². The van der Waals surface area contributed by atoms with Crippen LogP contribution in [0.3, 0.4) is 0 Å². The number of Topliss-reactive ketones (excluding diaryl/α,β-unsaturated/α-hetero) is 1. The lowest BCUT2D eigenvalue weighted by Gasteiger charge is -1.96. The molecule has 0 atom stereocenters. The molecule has 0 fully saturated rings. The number of nitrogens with zero attached hydrogens (tertiary/aromatic N) is 1. The van der Waals surface area contributed by atoms with Crippen LogP contribution in [0.4, 0.5) is 5.69 Å². The number of anilines is 1. The molecule has 1 aromatic carbocycles. The lowest BCUT2D eigenvalue weighted by molar-refractivity contribution is -0.112. The molecule has 0 heterocycles. The summed E-state index contributed by atoms with van der Waals surface area (Å²) >= 11 is 0. The van der Waals surface area contributed by atoms with Gasteiger partial charge in [0, 0.05) is 6.42 Å². The maximum atomic E-state index is 10.8. The third-order valence-electron chi connectivity index (χ3n) is 1.52. The van der Waals surface area contributed by atoms with Crippen LogP contribution in [0.25, 0.3) is 0 Å². The highest BCUT2D eigenvalue weighted by atomic mass is 16.1. The van der Waals surface area contributed by atoms with Gasteiger partial charge in [0.15, 0.2) is 5.78 Å². The van der Waals surface area contributed by atoms with E-state index < -0.39 is 0 Å². The van der Waals surface area contributed by atoms with E-state index in [1.807, 2.05) is 30.3 Å². The predicted octanol–water partition coefficient (Wildman–Crippen LogP) is 2.06. The molecule has 68 valence electrons. The molecule has 0 spiro atoms. The third kappa shape index (κ3) is 3.51. The van der Waals surface area contributed by atoms with Crippen molar-refractivity contribution in [1.29, 1.82) is 0 Å². The van der Waals surface area contributed by atoms with Crippen LogP contribution < -0.4 is 5.43 Å². The number of carbonyl (C=O) groups excluding carboxylic acids is 1. The van der Waals surface area contributed by atoms with Crippen LogP contribution in [0.15, 0.2) is 35.4 Å². The van der Waals surface area contributed by atoms with Gasteiger partial charge < -0.3 is 0 Å². The Hall–Kier alpha value is -1.64. The van der Waals surface area contributed by atoms with Crippen molar-refractivity contribution >= 4 is 17.7 Å². The summed E-state index contributed by atoms with van der Waals surface area (Å²) in [5.41, 5.74) is 3.64. The van der Waals surface area contributed by atoms with E-state index in [0.717, 1.165) is 5.69 Å². The summed E-state index contributed by atoms with van der Waals surface area (Å²) < 4.78 is 0. The summed E-state index contributed by atoms with van der Waals surface area (Å²) in [4.78, 5) is 10.8. The van der Waals surface area contributed by atoms with Gasteiger partial charge in [0.1, 0.15) is 0 Å². The Bertz CT molecular complexity index is 293. The van der Waals surface area contributed by atoms with Crippen LogP contribution in [-0.4, -0.2) is 12.0 Å². The van der Waals surface area contributed by atoms with Crippen molar-refractivity contribution in [1.82, 2.24) is 0 Å². The van der Waals surface area contributed by atoms with Gasteiger partial charge in [-0.2, -0.15) is 5.10 Å². The SMILES string of the molecule is CCC(=O)C=NNc1ccccc1. The molecule has 0 radical (unpaired) electrons. The Labute approximate surface area is 77.5 Å². The van der Waals surface area contributed by atoms with Crippen LogP contribution in [0, 0.1) is 0 Å². The number of ketones is 1. The highest BCUT2D eigenvalue weighted by Crippen LogP contribution is 2.03. The number of nitrogens with one attached hydrogen (secondary N) is 1. The second-order valence-electron chi connectivity index (χ2n) is 2.56. The van der Waals surface area contributed by atoms with E-state index in [0.29, 0.717) is 6.42 Å². The largest absolute Gasteiger partial charge is 0.293 e. The molecule has 0 unspecified atom stereocenters. The normalized spacial score (nSPS) is 10.2. The molecule has 0 saturated heterocycles. The van der Waals surface area contributed by atoms with Crippen LogP contribution in [0.1, 0.15) is 13.3 Å². The number of benzene rings is 1. The molecule has 13 heavy (non-hydrogen) atoms. The third-order valence-corrected chi connectivity index (χ3v) is 1.52. The van der Waals surface area contributed by atoms with Crippen LogP contribution in [0.2, 0.25) is 0 Å². The number of para-hydroxylation sites is 1. The summed E-state index contributed by atoms with van der Waals surface area (Å²) in [7, 11) is 0. The second kappa shape index (κ2) is 5.09. The highest BCUT2D eigenvalue weighted by Gasteiger charge is 1.89. The summed E-state index contributed by atoms with van der Waals surface area (Å²) in [6.45, 7) is 1.80. The zero-order valence-corrected chi connectivity index (χ0v) is 7.53. The summed E-state index contributed by atoms with van der Waals surface area (Å²) in [5, 5.41) is 3.79. The number of hydrogen-bond acceptors (Lipinski definition) is 3. The van der Waals surface area contributed by atoms with Gasteiger partial charge in [-0.25, -0.2) is 0 Å². The van der Waals surface area contributed by atoms with Crippen molar-refractivity contribution in [3.8, 4) is 0 Å². The van der Waals surface area contributed by atoms with Crippen LogP contribution >= 0.6 is 0 Å². The quantitative estimate of drug-likeness (QED) is 0.563. The van der Waals surface area contributed by atoms with E-state index in [4.69, 9.17) is 0 Å². The molecule has 0 bridgehead atoms. The molecule has 1 aromatic rings. The molecule has 3 heteroatoms. The number of hydrazone groups is 1. The maximum Gasteiger partial charge on any atom is 0.175 e. The number of carbonyl (C=O) groups is 1. The highest BCUT2D eigenvalue weighted by molar-refractivity contribution is 6.27. The van der Waals surface area contributed by atoms with Crippen molar-refractivity contribution in [2.45, 2.75) is 13.3 Å². The Kier molecular flexibility index (Phi) is 3.70. The fourth-order valence-corrected chi connectivity index (χ4v) is 0.783. The van der Waals surface area contributed by atoms with Gasteiger partial charge in [0.2, 0.25) is 0 Å². The van der Waals surface area contributed by atoms with Gasteiger partial charge in [0.25, 0.3) is 0 Å². The Balaban J connectivity index is 2.44. The van der Waals surface area contributed by atoms with Crippen LogP contribution in [-0.2, 0) is 4.79 Å². The topological polar surface area (TPSA) is 41.5 Å². The van der Waals surface area contributed by atoms with Gasteiger partial charge in [-0.1, -0.05) is 25.1 Å². The van der Waals surface area contributed by atoms with Crippen molar-refractivity contribution in [2.75, 3.05) is 5.43 Å². The minimum absolute atomic E-state index is 0.0171. The van der Waals surface area contributed by atoms with E-state index in [9.17, 15) is 4.79 Å². The molecular formula is C10H12N2O. The fraction of sp³-hybridized carbons (Fsp3) is 0.200. The first-order valence-corrected chi connectivity index (χ1v) is 4.20. The van der Waals surface area contributed by atoms with Gasteiger partial charge in [0.05, 0.1) is 11.9 Å². The Morgan fingerprint density at radius 3 is 2.77 bits per heavy atom. The first-order valence-electron chi connectivity index (χ1n) is 4.20. The van der Waals surface area contributed by atoms with E-state index in [1.54, 1.807) is 6.92 Å². The van der Waals surface area contributed by atoms with E-state index >= 15 is 0 Å². The molecule has 0 aliphatic heterocycles. The summed E-state index contributed by atoms with van der Waals surface area (Å²) in [6.07, 6.45) is 1.78. The average Bonchev–Trinajstić information content (AvgIpc) is 2.19. The first kappa shape index (κ1) is 9.45. The van der Waals surface area contributed by atoms with Gasteiger partial charge in [-0.05, 0) is 12.1 Å². The second-order valence-corrected chi connectivity index (χ2v) is 2.56. The molecule has 1 rings (SSSR count). The standard InChI is InChI=1S/C10H12N2O/c1-2-10(13)8-11-12-9-6-4-3-5-7-9/h3-8,12H,2H2,1H3. The van der Waals surface area contributed by atoms with Crippen molar-refractivity contribution < 1.29 is 4.79 Å². The Morgan fingerprint density at radius 1 is 1.46 bits per heavy atom. The number of hydrogen-bond donors (Lipinski definition) is 1. The molecule has 1 N–H and O–H groups in total. The first-order chi connectivity index (χ1) is 6.33. The summed E-state index contributed by atoms with van der Waals surface area (Å²) in [6, 6.07) is 9.49.